The first kappa shape index (κ1) is 12.2. The van der Waals surface area contributed by atoms with Crippen LogP contribution in [0.4, 0.5) is 14.9 Å². The summed E-state index contributed by atoms with van der Waals surface area (Å²) in [6.07, 6.45) is -0.738. The largest absolute Gasteiger partial charge is 0.444 e. The number of hydrogen-bond donors (Lipinski definition) is 2. The van der Waals surface area contributed by atoms with Crippen molar-refractivity contribution in [3.05, 3.63) is 28.4 Å². The molecule has 1 amide bonds. The minimum absolute atomic E-state index is 0.0514. The fourth-order valence-electron chi connectivity index (χ4n) is 1.00. The number of rotatable bonds is 1. The summed E-state index contributed by atoms with van der Waals surface area (Å²) < 4.78 is 17.7. The molecule has 1 rings (SSSR count). The van der Waals surface area contributed by atoms with E-state index < -0.39 is 23.2 Å². The number of aromatic amines is 1. The van der Waals surface area contributed by atoms with E-state index in [0.29, 0.717) is 0 Å². The van der Waals surface area contributed by atoms with Gasteiger partial charge in [-0.15, -0.1) is 0 Å². The SMILES string of the molecule is CC(C)(C)OC(=O)Nc1cc(F)[nH]c(=O)c1. The lowest BCUT2D eigenvalue weighted by Gasteiger charge is -2.19. The summed E-state index contributed by atoms with van der Waals surface area (Å²) in [5.74, 6) is -0.821. The second-order valence-electron chi connectivity index (χ2n) is 4.21. The highest BCUT2D eigenvalue weighted by Crippen LogP contribution is 2.10. The van der Waals surface area contributed by atoms with Crippen LogP contribution in [-0.2, 0) is 4.74 Å². The molecule has 5 nitrogen and oxygen atoms in total. The number of amides is 1. The van der Waals surface area contributed by atoms with Crippen LogP contribution < -0.4 is 10.9 Å². The van der Waals surface area contributed by atoms with E-state index in [1.165, 1.54) is 0 Å². The van der Waals surface area contributed by atoms with Crippen LogP contribution in [0.2, 0.25) is 0 Å². The second kappa shape index (κ2) is 4.34. The molecule has 16 heavy (non-hydrogen) atoms. The Morgan fingerprint density at radius 3 is 2.56 bits per heavy atom. The molecule has 0 aliphatic carbocycles. The summed E-state index contributed by atoms with van der Waals surface area (Å²) in [6, 6.07) is 2.05. The normalized spacial score (nSPS) is 11.0. The maximum Gasteiger partial charge on any atom is 0.412 e. The Balaban J connectivity index is 2.74. The Bertz CT molecular complexity index is 448. The highest BCUT2D eigenvalue weighted by molar-refractivity contribution is 5.84. The molecular weight excluding hydrogens is 215 g/mol. The molecule has 0 atom stereocenters. The molecule has 0 saturated carbocycles. The number of H-pyrrole nitrogens is 1. The third-order valence-corrected chi connectivity index (χ3v) is 1.46. The summed E-state index contributed by atoms with van der Waals surface area (Å²) in [4.78, 5) is 24.1. The molecule has 0 saturated heterocycles. The number of carbonyl (C=O) groups is 1. The van der Waals surface area contributed by atoms with Crippen LogP contribution in [0.1, 0.15) is 20.8 Å². The van der Waals surface area contributed by atoms with Crippen LogP contribution in [0.25, 0.3) is 0 Å². The minimum atomic E-state index is -0.821. The maximum atomic E-state index is 12.8. The lowest BCUT2D eigenvalue weighted by Crippen LogP contribution is -2.27. The van der Waals surface area contributed by atoms with E-state index >= 15 is 0 Å². The van der Waals surface area contributed by atoms with E-state index in [1.807, 2.05) is 4.98 Å². The van der Waals surface area contributed by atoms with E-state index in [4.69, 9.17) is 4.74 Å². The zero-order chi connectivity index (χ0) is 12.3. The third kappa shape index (κ3) is 4.12. The first-order chi connectivity index (χ1) is 7.26. The number of carbonyl (C=O) groups excluding carboxylic acids is 1. The second-order valence-corrected chi connectivity index (χ2v) is 4.21. The van der Waals surface area contributed by atoms with Gasteiger partial charge in [-0.2, -0.15) is 4.39 Å². The van der Waals surface area contributed by atoms with Gasteiger partial charge in [-0.3, -0.25) is 15.1 Å². The average molecular weight is 228 g/mol. The number of hydrogen-bond acceptors (Lipinski definition) is 3. The van der Waals surface area contributed by atoms with Gasteiger partial charge in [-0.1, -0.05) is 0 Å². The van der Waals surface area contributed by atoms with Crippen LogP contribution in [0.3, 0.4) is 0 Å². The quantitative estimate of drug-likeness (QED) is 0.720. The zero-order valence-electron chi connectivity index (χ0n) is 9.26. The predicted octanol–water partition coefficient (Wildman–Crippen LogP) is 1.86. The highest BCUT2D eigenvalue weighted by atomic mass is 19.1. The molecule has 0 bridgehead atoms. The van der Waals surface area contributed by atoms with Gasteiger partial charge in [0.2, 0.25) is 0 Å². The molecule has 1 aromatic heterocycles. The molecule has 0 unspecified atom stereocenters. The van der Waals surface area contributed by atoms with E-state index in [0.717, 1.165) is 12.1 Å². The van der Waals surface area contributed by atoms with Crippen molar-refractivity contribution in [1.29, 1.82) is 0 Å². The Hall–Kier alpha value is -1.85. The van der Waals surface area contributed by atoms with Gasteiger partial charge in [0.05, 0.1) is 5.69 Å². The minimum Gasteiger partial charge on any atom is -0.444 e. The first-order valence-corrected chi connectivity index (χ1v) is 4.66. The average Bonchev–Trinajstić information content (AvgIpc) is 1.96. The lowest BCUT2D eigenvalue weighted by atomic mass is 10.2. The number of nitrogens with one attached hydrogen (secondary N) is 2. The smallest absolute Gasteiger partial charge is 0.412 e. The molecule has 0 spiro atoms. The summed E-state index contributed by atoms with van der Waals surface area (Å²) in [5.41, 5.74) is -1.23. The molecule has 1 aromatic rings. The Morgan fingerprint density at radius 2 is 2.06 bits per heavy atom. The van der Waals surface area contributed by atoms with Crippen molar-refractivity contribution in [2.24, 2.45) is 0 Å². The van der Waals surface area contributed by atoms with Crippen LogP contribution in [0.15, 0.2) is 16.9 Å². The Labute approximate surface area is 91.6 Å². The standard InChI is InChI=1S/C10H13FN2O3/c1-10(2,3)16-9(15)12-6-4-7(11)13-8(14)5-6/h4-5H,1-3H3,(H2,12,13,14,15). The van der Waals surface area contributed by atoms with Gasteiger partial charge in [0, 0.05) is 12.1 Å². The first-order valence-electron chi connectivity index (χ1n) is 4.66. The Kier molecular flexibility index (Phi) is 3.31. The van der Waals surface area contributed by atoms with Gasteiger partial charge in [0.25, 0.3) is 5.56 Å². The molecular formula is C10H13FN2O3. The molecule has 0 aromatic carbocycles. The monoisotopic (exact) mass is 228 g/mol. The number of anilines is 1. The number of halogens is 1. The number of aromatic nitrogens is 1. The summed E-state index contributed by atoms with van der Waals surface area (Å²) >= 11 is 0. The molecule has 0 aliphatic heterocycles. The van der Waals surface area contributed by atoms with Gasteiger partial charge in [-0.05, 0) is 20.8 Å². The molecule has 0 radical (unpaired) electrons. The fourth-order valence-corrected chi connectivity index (χ4v) is 1.00. The topological polar surface area (TPSA) is 71.2 Å². The van der Waals surface area contributed by atoms with Gasteiger partial charge >= 0.3 is 6.09 Å². The Morgan fingerprint density at radius 1 is 1.44 bits per heavy atom. The molecule has 6 heteroatoms. The summed E-state index contributed by atoms with van der Waals surface area (Å²) in [5, 5.41) is 2.26. The summed E-state index contributed by atoms with van der Waals surface area (Å²) in [6.45, 7) is 5.10. The molecule has 0 aliphatic rings. The van der Waals surface area contributed by atoms with E-state index in [-0.39, 0.29) is 5.69 Å². The van der Waals surface area contributed by atoms with E-state index in [1.54, 1.807) is 20.8 Å². The van der Waals surface area contributed by atoms with Crippen molar-refractivity contribution in [2.45, 2.75) is 26.4 Å². The van der Waals surface area contributed by atoms with E-state index in [9.17, 15) is 14.0 Å². The van der Waals surface area contributed by atoms with Crippen LogP contribution in [0, 0.1) is 5.95 Å². The maximum absolute atomic E-state index is 12.8. The van der Waals surface area contributed by atoms with Crippen molar-refractivity contribution in [1.82, 2.24) is 4.98 Å². The molecule has 1 heterocycles. The molecule has 0 fully saturated rings. The fraction of sp³-hybridized carbons (Fsp3) is 0.400. The lowest BCUT2D eigenvalue weighted by molar-refractivity contribution is 0.0636. The van der Waals surface area contributed by atoms with Crippen molar-refractivity contribution in [2.75, 3.05) is 5.32 Å². The highest BCUT2D eigenvalue weighted by Gasteiger charge is 2.16. The molecule has 88 valence electrons. The summed E-state index contributed by atoms with van der Waals surface area (Å²) in [7, 11) is 0. The van der Waals surface area contributed by atoms with E-state index in [2.05, 4.69) is 5.32 Å². The van der Waals surface area contributed by atoms with Gasteiger partial charge in [-0.25, -0.2) is 4.79 Å². The van der Waals surface area contributed by atoms with Crippen molar-refractivity contribution < 1.29 is 13.9 Å². The van der Waals surface area contributed by atoms with Crippen molar-refractivity contribution >= 4 is 11.8 Å². The number of ether oxygens (including phenoxy) is 1. The zero-order valence-corrected chi connectivity index (χ0v) is 9.26. The van der Waals surface area contributed by atoms with Gasteiger partial charge in [0.1, 0.15) is 5.60 Å². The van der Waals surface area contributed by atoms with Crippen LogP contribution in [-0.4, -0.2) is 16.7 Å². The van der Waals surface area contributed by atoms with Crippen molar-refractivity contribution in [3.63, 3.8) is 0 Å². The predicted molar refractivity (Wildman–Crippen MR) is 56.9 cm³/mol. The third-order valence-electron chi connectivity index (χ3n) is 1.46. The van der Waals surface area contributed by atoms with Gasteiger partial charge < -0.3 is 4.74 Å². The van der Waals surface area contributed by atoms with Crippen molar-refractivity contribution in [3.8, 4) is 0 Å². The number of pyridine rings is 1. The van der Waals surface area contributed by atoms with Crippen LogP contribution >= 0.6 is 0 Å². The van der Waals surface area contributed by atoms with Crippen LogP contribution in [0.5, 0.6) is 0 Å². The molecule has 2 N–H and O–H groups in total. The van der Waals surface area contributed by atoms with Gasteiger partial charge in [0.15, 0.2) is 5.95 Å².